The van der Waals surface area contributed by atoms with Gasteiger partial charge in [-0.3, -0.25) is 0 Å². The minimum Gasteiger partial charge on any atom is -0.385 e. The highest BCUT2D eigenvalue weighted by Crippen LogP contribution is 2.28. The quantitative estimate of drug-likeness (QED) is 0.717. The fourth-order valence-corrected chi connectivity index (χ4v) is 4.07. The van der Waals surface area contributed by atoms with Crippen LogP contribution in [0.1, 0.15) is 31.1 Å². The van der Waals surface area contributed by atoms with Crippen molar-refractivity contribution in [3.63, 3.8) is 0 Å². The van der Waals surface area contributed by atoms with E-state index in [9.17, 15) is 5.11 Å². The zero-order valence-electron chi connectivity index (χ0n) is 16.3. The van der Waals surface area contributed by atoms with Crippen LogP contribution in [0.3, 0.4) is 0 Å². The number of benzene rings is 2. The van der Waals surface area contributed by atoms with Gasteiger partial charge in [0.05, 0.1) is 6.61 Å². The van der Waals surface area contributed by atoms with Gasteiger partial charge >= 0.3 is 0 Å². The summed E-state index contributed by atoms with van der Waals surface area (Å²) in [5, 5.41) is 11.9. The molecule has 2 N–H and O–H groups in total. The first-order valence-electron chi connectivity index (χ1n) is 9.70. The van der Waals surface area contributed by atoms with Crippen molar-refractivity contribution in [1.82, 2.24) is 0 Å². The maximum Gasteiger partial charge on any atom is 0.126 e. The summed E-state index contributed by atoms with van der Waals surface area (Å²) in [5.41, 5.74) is 1.97. The summed E-state index contributed by atoms with van der Waals surface area (Å²) in [6.45, 7) is 6.86. The van der Waals surface area contributed by atoms with Crippen molar-refractivity contribution in [3.05, 3.63) is 69.7 Å². The molecule has 0 radical (unpaired) electrons. The molecule has 1 aliphatic rings. The Morgan fingerprint density at radius 2 is 1.43 bits per heavy atom. The van der Waals surface area contributed by atoms with E-state index in [1.807, 2.05) is 48.5 Å². The first-order valence-corrected chi connectivity index (χ1v) is 10.5. The Morgan fingerprint density at radius 3 is 1.89 bits per heavy atom. The van der Waals surface area contributed by atoms with Gasteiger partial charge in [0, 0.05) is 10.0 Å². The molecule has 0 unspecified atom stereocenters. The first-order chi connectivity index (χ1) is 13.4. The van der Waals surface area contributed by atoms with E-state index in [0.29, 0.717) is 16.6 Å². The molecule has 1 heterocycles. The molecule has 3 atom stereocenters. The van der Waals surface area contributed by atoms with E-state index in [1.165, 1.54) is 4.90 Å². The van der Waals surface area contributed by atoms with Crippen molar-refractivity contribution in [2.45, 2.75) is 38.3 Å². The van der Waals surface area contributed by atoms with Crippen molar-refractivity contribution < 1.29 is 19.5 Å². The second-order valence-corrected chi connectivity index (χ2v) is 8.46. The highest BCUT2D eigenvalue weighted by Gasteiger charge is 2.28. The van der Waals surface area contributed by atoms with Crippen molar-refractivity contribution in [3.8, 4) is 0 Å². The van der Waals surface area contributed by atoms with Gasteiger partial charge in [0.1, 0.15) is 44.1 Å². The predicted molar refractivity (Wildman–Crippen MR) is 112 cm³/mol. The lowest BCUT2D eigenvalue weighted by atomic mass is 10.0. The van der Waals surface area contributed by atoms with Crippen LogP contribution in [-0.4, -0.2) is 49.7 Å². The molecule has 0 saturated carbocycles. The largest absolute Gasteiger partial charge is 0.385 e. The van der Waals surface area contributed by atoms with Crippen LogP contribution in [0.5, 0.6) is 0 Å². The van der Waals surface area contributed by atoms with E-state index in [4.69, 9.17) is 32.7 Å². The van der Waals surface area contributed by atoms with Crippen molar-refractivity contribution in [1.29, 1.82) is 0 Å². The number of hydrogen-bond donors (Lipinski definition) is 2. The van der Waals surface area contributed by atoms with Gasteiger partial charge in [-0.25, -0.2) is 0 Å². The van der Waals surface area contributed by atoms with E-state index >= 15 is 0 Å². The Bertz CT molecular complexity index is 683. The van der Waals surface area contributed by atoms with Crippen LogP contribution in [-0.2, 0) is 9.47 Å². The number of quaternary nitrogens is 1. The Morgan fingerprint density at radius 1 is 0.964 bits per heavy atom. The average Bonchev–Trinajstić information content (AvgIpc) is 2.64. The molecule has 1 aliphatic heterocycles. The third kappa shape index (κ3) is 6.18. The lowest BCUT2D eigenvalue weighted by Crippen LogP contribution is -3.16. The van der Waals surface area contributed by atoms with Crippen molar-refractivity contribution in [2.75, 3.05) is 26.2 Å². The van der Waals surface area contributed by atoms with Crippen LogP contribution in [0.15, 0.2) is 48.5 Å². The Kier molecular flexibility index (Phi) is 7.75. The summed E-state index contributed by atoms with van der Waals surface area (Å²) in [6.07, 6.45) is -0.415. The molecule has 0 spiro atoms. The molecule has 28 heavy (non-hydrogen) atoms. The van der Waals surface area contributed by atoms with Crippen LogP contribution in [0, 0.1) is 0 Å². The normalized spacial score (nSPS) is 23.7. The van der Waals surface area contributed by atoms with E-state index in [-0.39, 0.29) is 24.9 Å². The van der Waals surface area contributed by atoms with Gasteiger partial charge in [-0.15, -0.1) is 0 Å². The summed E-state index contributed by atoms with van der Waals surface area (Å²) in [5.74, 6) is 0. The standard InChI is InChI=1S/C22H27Cl2NO3/c1-15-11-25(12-16(2)28-15)13-21(26)14-27-22(17-3-7-19(23)8-4-17)18-5-9-20(24)10-6-18/h3-10,15-16,21-22,26H,11-14H2,1-2H3/p+1/t15-,16-,21-/m0/s1. The number of aliphatic hydroxyl groups excluding tert-OH is 1. The summed E-state index contributed by atoms with van der Waals surface area (Å²) >= 11 is 12.1. The third-order valence-electron chi connectivity index (χ3n) is 4.94. The summed E-state index contributed by atoms with van der Waals surface area (Å²) in [6, 6.07) is 15.2. The monoisotopic (exact) mass is 424 g/mol. The van der Waals surface area contributed by atoms with E-state index < -0.39 is 6.10 Å². The van der Waals surface area contributed by atoms with Crippen LogP contribution in [0.25, 0.3) is 0 Å². The van der Waals surface area contributed by atoms with Gasteiger partial charge in [0.15, 0.2) is 0 Å². The maximum absolute atomic E-state index is 10.6. The summed E-state index contributed by atoms with van der Waals surface area (Å²) in [4.78, 5) is 1.34. The molecular weight excluding hydrogens is 397 g/mol. The van der Waals surface area contributed by atoms with Crippen molar-refractivity contribution in [2.24, 2.45) is 0 Å². The molecule has 1 saturated heterocycles. The minimum absolute atomic E-state index is 0.211. The highest BCUT2D eigenvalue weighted by atomic mass is 35.5. The van der Waals surface area contributed by atoms with E-state index in [0.717, 1.165) is 24.2 Å². The van der Waals surface area contributed by atoms with Gasteiger partial charge < -0.3 is 19.5 Å². The topological polar surface area (TPSA) is 43.1 Å². The molecule has 0 aromatic heterocycles. The lowest BCUT2D eigenvalue weighted by Gasteiger charge is -2.33. The molecule has 0 bridgehead atoms. The maximum atomic E-state index is 10.6. The van der Waals surface area contributed by atoms with Crippen molar-refractivity contribution >= 4 is 23.2 Å². The van der Waals surface area contributed by atoms with Crippen LogP contribution >= 0.6 is 23.2 Å². The molecule has 2 aromatic rings. The molecule has 3 rings (SSSR count). The van der Waals surface area contributed by atoms with E-state index in [1.54, 1.807) is 0 Å². The number of halogens is 2. The lowest BCUT2D eigenvalue weighted by molar-refractivity contribution is -0.918. The van der Waals surface area contributed by atoms with Gasteiger partial charge in [-0.05, 0) is 49.2 Å². The zero-order valence-corrected chi connectivity index (χ0v) is 17.8. The van der Waals surface area contributed by atoms with Crippen LogP contribution in [0.2, 0.25) is 10.0 Å². The highest BCUT2D eigenvalue weighted by molar-refractivity contribution is 6.30. The fourth-order valence-electron chi connectivity index (χ4n) is 3.82. The summed E-state index contributed by atoms with van der Waals surface area (Å²) < 4.78 is 11.9. The third-order valence-corrected chi connectivity index (χ3v) is 5.45. The number of rotatable bonds is 7. The molecule has 2 aromatic carbocycles. The number of aliphatic hydroxyl groups is 1. The number of hydrogen-bond acceptors (Lipinski definition) is 3. The predicted octanol–water partition coefficient (Wildman–Crippen LogP) is 3.15. The molecular formula is C22H28Cl2NO3+. The first kappa shape index (κ1) is 21.6. The van der Waals surface area contributed by atoms with Gasteiger partial charge in [0.2, 0.25) is 0 Å². The molecule has 6 heteroatoms. The Balaban J connectivity index is 1.65. The number of morpholine rings is 1. The van der Waals surface area contributed by atoms with E-state index in [2.05, 4.69) is 13.8 Å². The summed E-state index contributed by atoms with van der Waals surface area (Å²) in [7, 11) is 0. The van der Waals surface area contributed by atoms with Gasteiger partial charge in [0.25, 0.3) is 0 Å². The second kappa shape index (κ2) is 10.1. The Labute approximate surface area is 177 Å². The smallest absolute Gasteiger partial charge is 0.126 e. The minimum atomic E-state index is -0.547. The average molecular weight is 425 g/mol. The number of nitrogens with one attached hydrogen (secondary N) is 1. The molecule has 4 nitrogen and oxygen atoms in total. The molecule has 1 fully saturated rings. The van der Waals surface area contributed by atoms with Gasteiger partial charge in [-0.2, -0.15) is 0 Å². The second-order valence-electron chi connectivity index (χ2n) is 7.59. The van der Waals surface area contributed by atoms with Crippen LogP contribution < -0.4 is 4.90 Å². The molecule has 152 valence electrons. The Hall–Kier alpha value is -1.14. The molecule has 0 amide bonds. The number of ether oxygens (including phenoxy) is 2. The molecule has 0 aliphatic carbocycles. The van der Waals surface area contributed by atoms with Gasteiger partial charge in [-0.1, -0.05) is 47.5 Å². The van der Waals surface area contributed by atoms with Crippen LogP contribution in [0.4, 0.5) is 0 Å². The fraction of sp³-hybridized carbons (Fsp3) is 0.455. The SMILES string of the molecule is C[C@H]1C[NH+](C[C@H](O)COC(c2ccc(Cl)cc2)c2ccc(Cl)cc2)C[C@H](C)O1. The zero-order chi connectivity index (χ0) is 20.1.